The Labute approximate surface area is 123 Å². The van der Waals surface area contributed by atoms with Crippen LogP contribution in [0.3, 0.4) is 0 Å². The van der Waals surface area contributed by atoms with Crippen molar-refractivity contribution < 1.29 is 4.39 Å². The predicted molar refractivity (Wildman–Crippen MR) is 78.1 cm³/mol. The molecule has 2 atom stereocenters. The van der Waals surface area contributed by atoms with Crippen molar-refractivity contribution in [2.75, 3.05) is 0 Å². The number of halogens is 2. The summed E-state index contributed by atoms with van der Waals surface area (Å²) in [5.74, 6) is 0.412. The van der Waals surface area contributed by atoms with Crippen LogP contribution >= 0.6 is 15.9 Å². The maximum absolute atomic E-state index is 13.4. The summed E-state index contributed by atoms with van der Waals surface area (Å²) in [5, 5.41) is 9.62. The van der Waals surface area contributed by atoms with Crippen LogP contribution in [0.5, 0.6) is 0 Å². The summed E-state index contributed by atoms with van der Waals surface area (Å²) in [5.41, 5.74) is 0.605. The molecule has 102 valence electrons. The lowest BCUT2D eigenvalue weighted by Crippen LogP contribution is -2.29. The third kappa shape index (κ3) is 3.36. The molecule has 1 saturated carbocycles. The van der Waals surface area contributed by atoms with Gasteiger partial charge in [0.15, 0.2) is 0 Å². The van der Waals surface area contributed by atoms with Gasteiger partial charge >= 0.3 is 0 Å². The van der Waals surface area contributed by atoms with Crippen molar-refractivity contribution in [2.24, 2.45) is 11.3 Å². The number of nitrogens with zero attached hydrogens (tertiary/aromatic N) is 1. The molecule has 1 nitrogen and oxygen atoms in total. The van der Waals surface area contributed by atoms with Crippen LogP contribution < -0.4 is 0 Å². The fourth-order valence-corrected chi connectivity index (χ4v) is 3.57. The lowest BCUT2D eigenvalue weighted by molar-refractivity contribution is 0.194. The fraction of sp³-hybridized carbons (Fsp3) is 0.562. The Balaban J connectivity index is 2.23. The second kappa shape index (κ2) is 6.05. The van der Waals surface area contributed by atoms with E-state index in [2.05, 4.69) is 28.9 Å². The van der Waals surface area contributed by atoms with Gasteiger partial charge in [-0.05, 0) is 48.9 Å². The first-order valence-electron chi connectivity index (χ1n) is 6.94. The SMILES string of the molecule is CCC1CCCC(C#N)(Cc2cc(F)ccc2Br)C1. The first kappa shape index (κ1) is 14.5. The van der Waals surface area contributed by atoms with Crippen LogP contribution in [-0.4, -0.2) is 0 Å². The van der Waals surface area contributed by atoms with E-state index in [1.54, 1.807) is 12.1 Å². The topological polar surface area (TPSA) is 23.8 Å². The van der Waals surface area contributed by atoms with E-state index in [0.29, 0.717) is 12.3 Å². The molecule has 1 aliphatic carbocycles. The quantitative estimate of drug-likeness (QED) is 0.746. The first-order chi connectivity index (χ1) is 9.08. The Hall–Kier alpha value is -0.880. The van der Waals surface area contributed by atoms with Gasteiger partial charge in [-0.15, -0.1) is 0 Å². The predicted octanol–water partition coefficient (Wildman–Crippen LogP) is 5.24. The van der Waals surface area contributed by atoms with Gasteiger partial charge in [0.05, 0.1) is 11.5 Å². The Kier molecular flexibility index (Phi) is 4.62. The highest BCUT2D eigenvalue weighted by atomic mass is 79.9. The second-order valence-corrected chi connectivity index (χ2v) is 6.53. The summed E-state index contributed by atoms with van der Waals surface area (Å²) in [4.78, 5) is 0. The average Bonchev–Trinajstić information content (AvgIpc) is 2.43. The van der Waals surface area contributed by atoms with Crippen LogP contribution in [0, 0.1) is 28.5 Å². The highest BCUT2D eigenvalue weighted by Crippen LogP contribution is 2.43. The molecule has 0 amide bonds. The van der Waals surface area contributed by atoms with Gasteiger partial charge in [-0.2, -0.15) is 5.26 Å². The molecule has 19 heavy (non-hydrogen) atoms. The third-order valence-electron chi connectivity index (χ3n) is 4.30. The van der Waals surface area contributed by atoms with Gasteiger partial charge in [0.25, 0.3) is 0 Å². The van der Waals surface area contributed by atoms with Crippen LogP contribution in [-0.2, 0) is 6.42 Å². The zero-order valence-corrected chi connectivity index (χ0v) is 12.8. The monoisotopic (exact) mass is 323 g/mol. The zero-order chi connectivity index (χ0) is 13.9. The Morgan fingerprint density at radius 1 is 1.53 bits per heavy atom. The average molecular weight is 324 g/mol. The summed E-state index contributed by atoms with van der Waals surface area (Å²) in [6.07, 6.45) is 6.00. The molecule has 1 fully saturated rings. The first-order valence-corrected chi connectivity index (χ1v) is 7.73. The molecule has 0 N–H and O–H groups in total. The molecule has 3 heteroatoms. The van der Waals surface area contributed by atoms with Gasteiger partial charge in [0.1, 0.15) is 5.82 Å². The normalized spacial score (nSPS) is 26.9. The molecule has 1 aromatic carbocycles. The van der Waals surface area contributed by atoms with Gasteiger partial charge in [-0.25, -0.2) is 4.39 Å². The van der Waals surface area contributed by atoms with E-state index in [4.69, 9.17) is 0 Å². The van der Waals surface area contributed by atoms with Crippen LogP contribution in [0.4, 0.5) is 4.39 Å². The molecular formula is C16H19BrFN. The molecule has 0 aliphatic heterocycles. The standard InChI is InChI=1S/C16H19BrFN/c1-2-12-4-3-7-16(9-12,11-19)10-13-8-14(18)5-6-15(13)17/h5-6,8,12H,2-4,7,9-10H2,1H3. The molecular weight excluding hydrogens is 305 g/mol. The number of hydrogen-bond acceptors (Lipinski definition) is 1. The van der Waals surface area contributed by atoms with Crippen LogP contribution in [0.2, 0.25) is 0 Å². The Morgan fingerprint density at radius 2 is 2.32 bits per heavy atom. The lowest BCUT2D eigenvalue weighted by Gasteiger charge is -2.35. The van der Waals surface area contributed by atoms with Gasteiger partial charge in [-0.3, -0.25) is 0 Å². The summed E-state index contributed by atoms with van der Waals surface area (Å²) in [7, 11) is 0. The lowest BCUT2D eigenvalue weighted by atomic mass is 9.67. The van der Waals surface area contributed by atoms with Crippen molar-refractivity contribution >= 4 is 15.9 Å². The minimum absolute atomic E-state index is 0.228. The molecule has 0 aromatic heterocycles. The van der Waals surface area contributed by atoms with E-state index in [1.807, 2.05) is 0 Å². The van der Waals surface area contributed by atoms with Crippen molar-refractivity contribution in [3.8, 4) is 6.07 Å². The number of benzene rings is 1. The summed E-state index contributed by atoms with van der Waals surface area (Å²) in [6.45, 7) is 2.19. The summed E-state index contributed by atoms with van der Waals surface area (Å²) < 4.78 is 14.3. The van der Waals surface area contributed by atoms with Crippen molar-refractivity contribution in [2.45, 2.75) is 45.4 Å². The molecule has 1 aromatic rings. The van der Waals surface area contributed by atoms with Gasteiger partial charge in [0.2, 0.25) is 0 Å². The van der Waals surface area contributed by atoms with Crippen LogP contribution in [0.25, 0.3) is 0 Å². The summed E-state index contributed by atoms with van der Waals surface area (Å²) >= 11 is 3.47. The van der Waals surface area contributed by atoms with Crippen molar-refractivity contribution in [1.82, 2.24) is 0 Å². The van der Waals surface area contributed by atoms with E-state index in [1.165, 1.54) is 12.5 Å². The number of rotatable bonds is 3. The highest BCUT2D eigenvalue weighted by Gasteiger charge is 2.36. The largest absolute Gasteiger partial charge is 0.207 e. The molecule has 0 saturated heterocycles. The van der Waals surface area contributed by atoms with E-state index >= 15 is 0 Å². The van der Waals surface area contributed by atoms with Crippen LogP contribution in [0.15, 0.2) is 22.7 Å². The molecule has 2 rings (SSSR count). The minimum atomic E-state index is -0.310. The molecule has 0 radical (unpaired) electrons. The number of hydrogen-bond donors (Lipinski definition) is 0. The molecule has 2 unspecified atom stereocenters. The number of nitriles is 1. The van der Waals surface area contributed by atoms with E-state index in [9.17, 15) is 9.65 Å². The molecule has 0 heterocycles. The van der Waals surface area contributed by atoms with E-state index < -0.39 is 0 Å². The van der Waals surface area contributed by atoms with Crippen LogP contribution in [0.1, 0.15) is 44.6 Å². The zero-order valence-electron chi connectivity index (χ0n) is 11.3. The Bertz CT molecular complexity index is 494. The minimum Gasteiger partial charge on any atom is -0.207 e. The van der Waals surface area contributed by atoms with Gasteiger partial charge < -0.3 is 0 Å². The summed E-state index contributed by atoms with van der Waals surface area (Å²) in [6, 6.07) is 7.27. The second-order valence-electron chi connectivity index (χ2n) is 5.68. The van der Waals surface area contributed by atoms with Crippen molar-refractivity contribution in [3.05, 3.63) is 34.1 Å². The van der Waals surface area contributed by atoms with Crippen molar-refractivity contribution in [1.29, 1.82) is 5.26 Å². The third-order valence-corrected chi connectivity index (χ3v) is 5.07. The van der Waals surface area contributed by atoms with E-state index in [0.717, 1.165) is 35.7 Å². The maximum atomic E-state index is 13.4. The van der Waals surface area contributed by atoms with Gasteiger partial charge in [-0.1, -0.05) is 42.1 Å². The highest BCUT2D eigenvalue weighted by molar-refractivity contribution is 9.10. The smallest absolute Gasteiger partial charge is 0.123 e. The fourth-order valence-electron chi connectivity index (χ4n) is 3.18. The molecule has 0 spiro atoms. The molecule has 1 aliphatic rings. The van der Waals surface area contributed by atoms with Crippen molar-refractivity contribution in [3.63, 3.8) is 0 Å². The van der Waals surface area contributed by atoms with Gasteiger partial charge in [0, 0.05) is 4.47 Å². The van der Waals surface area contributed by atoms with E-state index in [-0.39, 0.29) is 11.2 Å². The molecule has 0 bridgehead atoms. The Morgan fingerprint density at radius 3 is 3.00 bits per heavy atom. The maximum Gasteiger partial charge on any atom is 0.123 e.